The number of rotatable bonds is 4. The van der Waals surface area contributed by atoms with Crippen molar-refractivity contribution in [3.8, 4) is 0 Å². The van der Waals surface area contributed by atoms with Crippen molar-refractivity contribution >= 4 is 5.97 Å². The Hall–Kier alpha value is -0.570. The molecule has 1 N–H and O–H groups in total. The lowest BCUT2D eigenvalue weighted by molar-refractivity contribution is -0.224. The molecule has 0 aromatic carbocycles. The molecule has 4 atom stereocenters. The van der Waals surface area contributed by atoms with Crippen LogP contribution in [0.3, 0.4) is 0 Å². The Balaban J connectivity index is 1.52. The van der Waals surface area contributed by atoms with Gasteiger partial charge in [0.25, 0.3) is 0 Å². The molecule has 4 unspecified atom stereocenters. The van der Waals surface area contributed by atoms with Gasteiger partial charge in [0, 0.05) is 6.42 Å². The van der Waals surface area contributed by atoms with E-state index in [0.29, 0.717) is 30.1 Å². The quantitative estimate of drug-likeness (QED) is 0.806. The molecule has 0 spiro atoms. The van der Waals surface area contributed by atoms with E-state index in [9.17, 15) is 9.90 Å². The van der Waals surface area contributed by atoms with E-state index in [-0.39, 0.29) is 17.0 Å². The highest BCUT2D eigenvalue weighted by Crippen LogP contribution is 2.62. The number of carbonyl (C=O) groups is 1. The lowest BCUT2D eigenvalue weighted by Crippen LogP contribution is -2.60. The number of hydrogen-bond donors (Lipinski definition) is 1. The summed E-state index contributed by atoms with van der Waals surface area (Å²) in [7, 11) is 0. The maximum absolute atomic E-state index is 13.0. The van der Waals surface area contributed by atoms with Gasteiger partial charge in [-0.15, -0.1) is 0 Å². The Morgan fingerprint density at radius 2 is 1.77 bits per heavy atom. The molecule has 4 bridgehead atoms. The lowest BCUT2D eigenvalue weighted by Gasteiger charge is -2.59. The van der Waals surface area contributed by atoms with Crippen molar-refractivity contribution in [1.29, 1.82) is 0 Å². The smallest absolute Gasteiger partial charge is 0.312 e. The summed E-state index contributed by atoms with van der Waals surface area (Å²) in [6, 6.07) is 0. The van der Waals surface area contributed by atoms with Gasteiger partial charge in [-0.2, -0.15) is 0 Å². The van der Waals surface area contributed by atoms with E-state index >= 15 is 0 Å². The number of hydrogen-bond acceptors (Lipinski definition) is 3. The molecule has 22 heavy (non-hydrogen) atoms. The van der Waals surface area contributed by atoms with Crippen molar-refractivity contribution in [2.75, 3.05) is 0 Å². The fourth-order valence-electron chi connectivity index (χ4n) is 6.42. The van der Waals surface area contributed by atoms with Gasteiger partial charge in [0.1, 0.15) is 5.60 Å². The molecule has 5 aliphatic carbocycles. The van der Waals surface area contributed by atoms with Crippen molar-refractivity contribution in [3.05, 3.63) is 0 Å². The topological polar surface area (TPSA) is 46.5 Å². The van der Waals surface area contributed by atoms with Gasteiger partial charge < -0.3 is 9.84 Å². The first kappa shape index (κ1) is 15.0. The second-order valence-electron chi connectivity index (χ2n) is 9.62. The molecule has 0 heterocycles. The van der Waals surface area contributed by atoms with E-state index in [0.717, 1.165) is 38.5 Å². The van der Waals surface area contributed by atoms with Crippen LogP contribution in [0, 0.1) is 29.1 Å². The summed E-state index contributed by atoms with van der Waals surface area (Å²) in [5.74, 6) is 2.16. The second kappa shape index (κ2) is 4.49. The molecule has 0 aromatic heterocycles. The fraction of sp³-hybridized carbons (Fsp3) is 0.947. The molecule has 0 saturated heterocycles. The highest BCUT2D eigenvalue weighted by molar-refractivity contribution is 5.81. The van der Waals surface area contributed by atoms with Gasteiger partial charge in [-0.25, -0.2) is 0 Å². The molecule has 0 radical (unpaired) electrons. The van der Waals surface area contributed by atoms with Crippen molar-refractivity contribution in [1.82, 2.24) is 0 Å². The number of aliphatic hydroxyl groups is 1. The summed E-state index contributed by atoms with van der Waals surface area (Å²) in [6.07, 6.45) is 7.68. The Labute approximate surface area is 133 Å². The zero-order valence-corrected chi connectivity index (χ0v) is 14.2. The third-order valence-corrected chi connectivity index (χ3v) is 6.92. The summed E-state index contributed by atoms with van der Waals surface area (Å²) in [5, 5.41) is 10.8. The Kier molecular flexibility index (Phi) is 3.06. The van der Waals surface area contributed by atoms with Crippen LogP contribution >= 0.6 is 0 Å². The van der Waals surface area contributed by atoms with Gasteiger partial charge in [-0.3, -0.25) is 4.79 Å². The van der Waals surface area contributed by atoms with E-state index < -0.39 is 5.60 Å². The molecule has 5 rings (SSSR count). The molecule has 3 heteroatoms. The molecule has 3 nitrogen and oxygen atoms in total. The van der Waals surface area contributed by atoms with Crippen LogP contribution < -0.4 is 0 Å². The molecule has 5 fully saturated rings. The van der Waals surface area contributed by atoms with E-state index in [1.54, 1.807) is 0 Å². The summed E-state index contributed by atoms with van der Waals surface area (Å²) in [4.78, 5) is 13.0. The van der Waals surface area contributed by atoms with Gasteiger partial charge in [0.15, 0.2) is 0 Å². The predicted octanol–water partition coefficient (Wildman–Crippen LogP) is 3.69. The third-order valence-electron chi connectivity index (χ3n) is 6.92. The van der Waals surface area contributed by atoms with Crippen LogP contribution in [0.25, 0.3) is 0 Å². The van der Waals surface area contributed by atoms with Gasteiger partial charge in [0.2, 0.25) is 0 Å². The van der Waals surface area contributed by atoms with Crippen molar-refractivity contribution in [2.45, 2.75) is 83.3 Å². The summed E-state index contributed by atoms with van der Waals surface area (Å²) < 4.78 is 6.22. The zero-order chi connectivity index (χ0) is 15.8. The Morgan fingerprint density at radius 3 is 2.23 bits per heavy atom. The van der Waals surface area contributed by atoms with E-state index in [1.165, 1.54) is 6.42 Å². The second-order valence-corrected chi connectivity index (χ2v) is 9.62. The highest BCUT2D eigenvalue weighted by atomic mass is 16.6. The number of esters is 1. The van der Waals surface area contributed by atoms with Crippen molar-refractivity contribution in [2.24, 2.45) is 29.1 Å². The SMILES string of the molecule is CC(C)CC1(C(=O)OC23CC4CC(CC(O)(C4)C2)C3)CC1C. The van der Waals surface area contributed by atoms with E-state index in [1.807, 2.05) is 0 Å². The van der Waals surface area contributed by atoms with Crippen LogP contribution in [0.2, 0.25) is 0 Å². The number of carbonyl (C=O) groups excluding carboxylic acids is 1. The van der Waals surface area contributed by atoms with Crippen LogP contribution in [0.4, 0.5) is 0 Å². The van der Waals surface area contributed by atoms with Crippen LogP contribution in [-0.4, -0.2) is 22.3 Å². The predicted molar refractivity (Wildman–Crippen MR) is 84.1 cm³/mol. The standard InChI is InChI=1S/C19H30O3/c1-12(2)5-19(6-13(19)3)16(20)22-18-9-14-4-15(10-18)8-17(21,7-14)11-18/h12-15,21H,4-11H2,1-3H3. The molecule has 5 aliphatic rings. The highest BCUT2D eigenvalue weighted by Gasteiger charge is 2.63. The minimum Gasteiger partial charge on any atom is -0.459 e. The van der Waals surface area contributed by atoms with Gasteiger partial charge in [-0.1, -0.05) is 20.8 Å². The molecule has 0 aromatic rings. The largest absolute Gasteiger partial charge is 0.459 e. The van der Waals surface area contributed by atoms with Crippen LogP contribution in [0.5, 0.6) is 0 Å². The van der Waals surface area contributed by atoms with Gasteiger partial charge in [0.05, 0.1) is 11.0 Å². The lowest BCUT2D eigenvalue weighted by atomic mass is 9.52. The minimum absolute atomic E-state index is 0.0410. The van der Waals surface area contributed by atoms with Crippen LogP contribution in [0.1, 0.15) is 72.1 Å². The molecule has 5 saturated carbocycles. The summed E-state index contributed by atoms with van der Waals surface area (Å²) in [6.45, 7) is 6.55. The first-order valence-corrected chi connectivity index (χ1v) is 9.20. The van der Waals surface area contributed by atoms with Crippen molar-refractivity contribution in [3.63, 3.8) is 0 Å². The van der Waals surface area contributed by atoms with Gasteiger partial charge in [-0.05, 0) is 68.6 Å². The third kappa shape index (κ3) is 2.23. The maximum Gasteiger partial charge on any atom is 0.312 e. The number of ether oxygens (including phenoxy) is 1. The molecule has 124 valence electrons. The average Bonchev–Trinajstić information content (AvgIpc) is 2.95. The van der Waals surface area contributed by atoms with Crippen molar-refractivity contribution < 1.29 is 14.6 Å². The Morgan fingerprint density at radius 1 is 1.18 bits per heavy atom. The fourth-order valence-corrected chi connectivity index (χ4v) is 6.42. The van der Waals surface area contributed by atoms with E-state index in [4.69, 9.17) is 4.74 Å². The van der Waals surface area contributed by atoms with Crippen LogP contribution in [0.15, 0.2) is 0 Å². The summed E-state index contributed by atoms with van der Waals surface area (Å²) >= 11 is 0. The average molecular weight is 306 g/mol. The molecular weight excluding hydrogens is 276 g/mol. The normalized spacial score (nSPS) is 52.1. The molecular formula is C19H30O3. The minimum atomic E-state index is -0.551. The molecule has 0 amide bonds. The Bertz CT molecular complexity index is 483. The van der Waals surface area contributed by atoms with E-state index in [2.05, 4.69) is 20.8 Å². The maximum atomic E-state index is 13.0. The van der Waals surface area contributed by atoms with Gasteiger partial charge >= 0.3 is 5.97 Å². The first-order chi connectivity index (χ1) is 10.2. The molecule has 0 aliphatic heterocycles. The summed E-state index contributed by atoms with van der Waals surface area (Å²) in [5.41, 5.74) is -1.12. The zero-order valence-electron chi connectivity index (χ0n) is 14.2. The monoisotopic (exact) mass is 306 g/mol. The van der Waals surface area contributed by atoms with Crippen LogP contribution in [-0.2, 0) is 9.53 Å². The first-order valence-electron chi connectivity index (χ1n) is 9.20.